The summed E-state index contributed by atoms with van der Waals surface area (Å²) in [6.07, 6.45) is 14.9. The number of allylic oxidation sites excluding steroid dienone is 2. The SMILES string of the molecule is CC[C@]12CC3CC3C=C1CC[C@@H]1[C@@H]2CC[C@]2(C)[C@@H](O)CC[C@@H]12. The Morgan fingerprint density at radius 3 is 2.86 bits per heavy atom. The average molecular weight is 300 g/mol. The van der Waals surface area contributed by atoms with Gasteiger partial charge in [0.05, 0.1) is 6.10 Å². The highest BCUT2D eigenvalue weighted by Gasteiger charge is 2.61. The van der Waals surface area contributed by atoms with Crippen LogP contribution in [-0.2, 0) is 0 Å². The van der Waals surface area contributed by atoms with E-state index in [4.69, 9.17) is 0 Å². The van der Waals surface area contributed by atoms with Crippen molar-refractivity contribution in [2.45, 2.75) is 77.7 Å². The van der Waals surface area contributed by atoms with Gasteiger partial charge in [-0.05, 0) is 98.2 Å². The molecule has 0 saturated heterocycles. The quantitative estimate of drug-likeness (QED) is 0.680. The fourth-order valence-electron chi connectivity index (χ4n) is 7.76. The maximum Gasteiger partial charge on any atom is 0.0596 e. The van der Waals surface area contributed by atoms with Crippen LogP contribution >= 0.6 is 0 Å². The molecule has 0 spiro atoms. The maximum absolute atomic E-state index is 10.6. The van der Waals surface area contributed by atoms with E-state index in [0.717, 1.165) is 36.0 Å². The summed E-state index contributed by atoms with van der Waals surface area (Å²) >= 11 is 0. The third-order valence-corrected chi connectivity index (χ3v) is 9.13. The smallest absolute Gasteiger partial charge is 0.0596 e. The Morgan fingerprint density at radius 2 is 2.05 bits per heavy atom. The second-order valence-electron chi connectivity index (χ2n) is 9.62. The maximum atomic E-state index is 10.6. The molecular weight excluding hydrogens is 268 g/mol. The van der Waals surface area contributed by atoms with Crippen molar-refractivity contribution in [1.82, 2.24) is 0 Å². The fourth-order valence-corrected chi connectivity index (χ4v) is 7.76. The van der Waals surface area contributed by atoms with Crippen LogP contribution in [0.3, 0.4) is 0 Å². The van der Waals surface area contributed by atoms with Gasteiger partial charge in [-0.15, -0.1) is 0 Å². The largest absolute Gasteiger partial charge is 0.393 e. The molecule has 5 rings (SSSR count). The highest BCUT2D eigenvalue weighted by molar-refractivity contribution is 5.30. The van der Waals surface area contributed by atoms with Crippen LogP contribution in [0.1, 0.15) is 71.6 Å². The number of hydrogen-bond donors (Lipinski definition) is 1. The minimum absolute atomic E-state index is 0.0212. The van der Waals surface area contributed by atoms with Gasteiger partial charge in [0.1, 0.15) is 0 Å². The first-order valence-corrected chi connectivity index (χ1v) is 9.98. The predicted octanol–water partition coefficient (Wildman–Crippen LogP) is 4.95. The molecule has 0 radical (unpaired) electrons. The van der Waals surface area contributed by atoms with Crippen molar-refractivity contribution in [1.29, 1.82) is 0 Å². The summed E-state index contributed by atoms with van der Waals surface area (Å²) in [5.74, 6) is 4.65. The monoisotopic (exact) mass is 300 g/mol. The number of aliphatic hydroxyl groups is 1. The molecule has 5 aliphatic carbocycles. The first kappa shape index (κ1) is 14.1. The van der Waals surface area contributed by atoms with Crippen LogP contribution < -0.4 is 0 Å². The molecule has 0 heterocycles. The number of aliphatic hydroxyl groups excluding tert-OH is 1. The van der Waals surface area contributed by atoms with Gasteiger partial charge in [-0.2, -0.15) is 0 Å². The highest BCUT2D eigenvalue weighted by atomic mass is 16.3. The number of hydrogen-bond acceptors (Lipinski definition) is 1. The van der Waals surface area contributed by atoms with Crippen molar-refractivity contribution < 1.29 is 5.11 Å². The summed E-state index contributed by atoms with van der Waals surface area (Å²) in [4.78, 5) is 0. The fraction of sp³-hybridized carbons (Fsp3) is 0.905. The van der Waals surface area contributed by atoms with E-state index in [1.165, 1.54) is 51.4 Å². The number of rotatable bonds is 1. The average Bonchev–Trinajstić information content (AvgIpc) is 3.21. The van der Waals surface area contributed by atoms with Gasteiger partial charge in [-0.1, -0.05) is 25.5 Å². The highest BCUT2D eigenvalue weighted by Crippen LogP contribution is 2.69. The predicted molar refractivity (Wildman–Crippen MR) is 89.3 cm³/mol. The van der Waals surface area contributed by atoms with E-state index >= 15 is 0 Å². The Balaban J connectivity index is 1.53. The molecule has 2 unspecified atom stereocenters. The van der Waals surface area contributed by atoms with Crippen molar-refractivity contribution in [2.75, 3.05) is 0 Å². The summed E-state index contributed by atoms with van der Waals surface area (Å²) in [6.45, 7) is 4.88. The lowest BCUT2D eigenvalue weighted by Crippen LogP contribution is -2.51. The molecule has 1 N–H and O–H groups in total. The summed E-state index contributed by atoms with van der Waals surface area (Å²) in [5, 5.41) is 10.6. The molecule has 122 valence electrons. The van der Waals surface area contributed by atoms with Gasteiger partial charge in [0.15, 0.2) is 0 Å². The lowest BCUT2D eigenvalue weighted by atomic mass is 9.46. The zero-order valence-corrected chi connectivity index (χ0v) is 14.4. The van der Waals surface area contributed by atoms with Crippen LogP contribution in [0.2, 0.25) is 0 Å². The Morgan fingerprint density at radius 1 is 1.18 bits per heavy atom. The van der Waals surface area contributed by atoms with E-state index in [2.05, 4.69) is 19.9 Å². The Labute approximate surface area is 135 Å². The molecule has 8 atom stereocenters. The van der Waals surface area contributed by atoms with Gasteiger partial charge in [-0.3, -0.25) is 0 Å². The third kappa shape index (κ3) is 1.60. The van der Waals surface area contributed by atoms with Crippen LogP contribution in [0.5, 0.6) is 0 Å². The van der Waals surface area contributed by atoms with Crippen LogP contribution in [0, 0.1) is 40.4 Å². The zero-order chi connectivity index (χ0) is 15.1. The molecule has 0 aromatic rings. The summed E-state index contributed by atoms with van der Waals surface area (Å²) in [7, 11) is 0. The summed E-state index contributed by atoms with van der Waals surface area (Å²) in [5.41, 5.74) is 2.68. The van der Waals surface area contributed by atoms with E-state index in [-0.39, 0.29) is 11.5 Å². The van der Waals surface area contributed by atoms with Crippen LogP contribution in [-0.4, -0.2) is 11.2 Å². The first-order valence-electron chi connectivity index (χ1n) is 9.98. The van der Waals surface area contributed by atoms with Gasteiger partial charge in [0.2, 0.25) is 0 Å². The van der Waals surface area contributed by atoms with Crippen LogP contribution in [0.4, 0.5) is 0 Å². The standard InChI is InChI=1S/C21H32O/c1-3-21-12-14-10-13(14)11-15(21)4-5-16-17-6-7-19(22)20(17,2)9-8-18(16)21/h11,13-14,16-19,22H,3-10,12H2,1-2H3/t13?,14?,16-,17-,18-,19-,20-,21-/m0/s1. The molecule has 1 heteroatoms. The molecule has 5 aliphatic rings. The van der Waals surface area contributed by atoms with Gasteiger partial charge in [-0.25, -0.2) is 0 Å². The topological polar surface area (TPSA) is 20.2 Å². The van der Waals surface area contributed by atoms with E-state index in [1.54, 1.807) is 0 Å². The molecule has 0 amide bonds. The van der Waals surface area contributed by atoms with Crippen LogP contribution in [0.25, 0.3) is 0 Å². The minimum atomic E-state index is -0.0212. The molecule has 0 aromatic carbocycles. The normalized spacial score (nSPS) is 59.0. The van der Waals surface area contributed by atoms with Crippen molar-refractivity contribution in [3.8, 4) is 0 Å². The Bertz CT molecular complexity index is 522. The minimum Gasteiger partial charge on any atom is -0.393 e. The molecular formula is C21H32O. The molecule has 4 saturated carbocycles. The van der Waals surface area contributed by atoms with Crippen LogP contribution in [0.15, 0.2) is 11.6 Å². The van der Waals surface area contributed by atoms with E-state index in [0.29, 0.717) is 5.41 Å². The van der Waals surface area contributed by atoms with Gasteiger partial charge in [0, 0.05) is 0 Å². The van der Waals surface area contributed by atoms with Gasteiger partial charge < -0.3 is 5.11 Å². The first-order chi connectivity index (χ1) is 10.6. The summed E-state index contributed by atoms with van der Waals surface area (Å²) in [6, 6.07) is 0. The van der Waals surface area contributed by atoms with E-state index in [1.807, 2.05) is 5.57 Å². The third-order valence-electron chi connectivity index (χ3n) is 9.13. The van der Waals surface area contributed by atoms with Gasteiger partial charge >= 0.3 is 0 Å². The number of fused-ring (bicyclic) bond motifs is 6. The molecule has 0 aromatic heterocycles. The second kappa shape index (κ2) is 4.41. The summed E-state index contributed by atoms with van der Waals surface area (Å²) < 4.78 is 0. The zero-order valence-electron chi connectivity index (χ0n) is 14.4. The second-order valence-corrected chi connectivity index (χ2v) is 9.62. The lowest BCUT2D eigenvalue weighted by molar-refractivity contribution is -0.0799. The van der Waals surface area contributed by atoms with Gasteiger partial charge in [0.25, 0.3) is 0 Å². The van der Waals surface area contributed by atoms with E-state index < -0.39 is 0 Å². The molecule has 4 fully saturated rings. The van der Waals surface area contributed by atoms with Crippen molar-refractivity contribution in [2.24, 2.45) is 40.4 Å². The van der Waals surface area contributed by atoms with Crippen molar-refractivity contribution in [3.63, 3.8) is 0 Å². The van der Waals surface area contributed by atoms with E-state index in [9.17, 15) is 5.11 Å². The van der Waals surface area contributed by atoms with Crippen molar-refractivity contribution >= 4 is 0 Å². The Hall–Kier alpha value is -0.300. The molecule has 22 heavy (non-hydrogen) atoms. The molecule has 0 aliphatic heterocycles. The molecule has 1 nitrogen and oxygen atoms in total. The lowest BCUT2D eigenvalue weighted by Gasteiger charge is -2.59. The Kier molecular flexibility index (Phi) is 2.82. The van der Waals surface area contributed by atoms with Crippen molar-refractivity contribution in [3.05, 3.63) is 11.6 Å². The molecule has 0 bridgehead atoms.